The lowest BCUT2D eigenvalue weighted by atomic mass is 9.78. The number of rotatable bonds is 1. The summed E-state index contributed by atoms with van der Waals surface area (Å²) >= 11 is 0. The molecule has 0 N–H and O–H groups in total. The van der Waals surface area contributed by atoms with Crippen molar-refractivity contribution in [1.82, 2.24) is 0 Å². The van der Waals surface area contributed by atoms with E-state index < -0.39 is 17.4 Å². The maximum atomic E-state index is 11.7. The summed E-state index contributed by atoms with van der Waals surface area (Å²) in [6, 6.07) is 0. The van der Waals surface area contributed by atoms with Crippen LogP contribution in [0.4, 0.5) is 0 Å². The van der Waals surface area contributed by atoms with Crippen molar-refractivity contribution >= 4 is 11.9 Å². The molecule has 1 saturated heterocycles. The molecular formula is C10H12O4. The first-order valence-electron chi connectivity index (χ1n) is 4.58. The van der Waals surface area contributed by atoms with Crippen molar-refractivity contribution in [3.05, 3.63) is 12.2 Å². The summed E-state index contributed by atoms with van der Waals surface area (Å²) in [5.41, 5.74) is -0.550. The first kappa shape index (κ1) is 9.24. The second-order valence-corrected chi connectivity index (χ2v) is 3.74. The summed E-state index contributed by atoms with van der Waals surface area (Å²) in [4.78, 5) is 23.3. The minimum Gasteiger partial charge on any atom is -0.468 e. The van der Waals surface area contributed by atoms with Gasteiger partial charge in [0.15, 0.2) is 5.41 Å². The van der Waals surface area contributed by atoms with Crippen molar-refractivity contribution in [2.24, 2.45) is 11.3 Å². The molecule has 2 aliphatic rings. The van der Waals surface area contributed by atoms with Crippen LogP contribution in [0, 0.1) is 11.3 Å². The fraction of sp³-hybridized carbons (Fsp3) is 0.600. The molecule has 0 aromatic heterocycles. The molecular weight excluding hydrogens is 184 g/mol. The third kappa shape index (κ3) is 0.832. The second kappa shape index (κ2) is 2.83. The minimum atomic E-state index is -1.19. The van der Waals surface area contributed by atoms with Crippen LogP contribution in [-0.2, 0) is 19.1 Å². The Morgan fingerprint density at radius 3 is 3.07 bits per heavy atom. The Morgan fingerprint density at radius 2 is 2.43 bits per heavy atom. The number of methoxy groups -OCH3 is 1. The van der Waals surface area contributed by atoms with Gasteiger partial charge in [-0.25, -0.2) is 0 Å². The van der Waals surface area contributed by atoms with Gasteiger partial charge in [0.2, 0.25) is 0 Å². The third-order valence-corrected chi connectivity index (χ3v) is 3.21. The van der Waals surface area contributed by atoms with Crippen molar-refractivity contribution in [3.63, 3.8) is 0 Å². The van der Waals surface area contributed by atoms with E-state index in [1.807, 2.05) is 0 Å². The lowest BCUT2D eigenvalue weighted by Gasteiger charge is -2.21. The van der Waals surface area contributed by atoms with Gasteiger partial charge in [-0.05, 0) is 18.4 Å². The predicted molar refractivity (Wildman–Crippen MR) is 47.3 cm³/mol. The molecule has 2 fully saturated rings. The molecule has 4 nitrogen and oxygen atoms in total. The van der Waals surface area contributed by atoms with Crippen LogP contribution in [0.25, 0.3) is 0 Å². The zero-order chi connectivity index (χ0) is 10.3. The number of esters is 2. The smallest absolute Gasteiger partial charge is 0.328 e. The number of carbonyl (C=O) groups is 2. The van der Waals surface area contributed by atoms with Gasteiger partial charge in [-0.3, -0.25) is 9.59 Å². The van der Waals surface area contributed by atoms with Crippen molar-refractivity contribution in [3.8, 4) is 0 Å². The number of cyclic esters (lactones) is 1. The zero-order valence-electron chi connectivity index (χ0n) is 8.04. The molecule has 0 unspecified atom stereocenters. The van der Waals surface area contributed by atoms with E-state index in [1.165, 1.54) is 7.11 Å². The van der Waals surface area contributed by atoms with Crippen LogP contribution in [-0.4, -0.2) is 25.7 Å². The molecule has 76 valence electrons. The van der Waals surface area contributed by atoms with E-state index >= 15 is 0 Å². The quantitative estimate of drug-likeness (QED) is 0.351. The molecule has 0 spiro atoms. The first-order valence-corrected chi connectivity index (χ1v) is 4.58. The van der Waals surface area contributed by atoms with E-state index in [1.54, 1.807) is 0 Å². The van der Waals surface area contributed by atoms with Crippen molar-refractivity contribution in [2.75, 3.05) is 13.7 Å². The molecule has 1 aliphatic carbocycles. The van der Waals surface area contributed by atoms with Gasteiger partial charge in [0.25, 0.3) is 0 Å². The Bertz CT molecular complexity index is 298. The lowest BCUT2D eigenvalue weighted by Crippen LogP contribution is -2.40. The molecule has 0 radical (unpaired) electrons. The minimum absolute atomic E-state index is 0.0741. The normalized spacial score (nSPS) is 35.4. The van der Waals surface area contributed by atoms with Gasteiger partial charge in [-0.1, -0.05) is 6.58 Å². The molecule has 0 aromatic carbocycles. The highest BCUT2D eigenvalue weighted by atomic mass is 16.6. The Balaban J connectivity index is 2.48. The Kier molecular flexibility index (Phi) is 1.87. The van der Waals surface area contributed by atoms with Gasteiger partial charge in [-0.15, -0.1) is 0 Å². The number of carbonyl (C=O) groups excluding carboxylic acids is 2. The maximum absolute atomic E-state index is 11.7. The van der Waals surface area contributed by atoms with E-state index in [4.69, 9.17) is 4.74 Å². The summed E-state index contributed by atoms with van der Waals surface area (Å²) in [6.07, 6.45) is 1.48. The predicted octanol–water partition coefficient (Wildman–Crippen LogP) is 0.669. The summed E-state index contributed by atoms with van der Waals surface area (Å²) in [7, 11) is 1.28. The number of hydrogen-bond donors (Lipinski definition) is 0. The lowest BCUT2D eigenvalue weighted by molar-refractivity contribution is -0.160. The van der Waals surface area contributed by atoms with Gasteiger partial charge in [0.1, 0.15) is 0 Å². The largest absolute Gasteiger partial charge is 0.468 e. The fourth-order valence-corrected chi connectivity index (χ4v) is 2.42. The first-order chi connectivity index (χ1) is 6.64. The summed E-state index contributed by atoms with van der Waals surface area (Å²) in [5, 5.41) is 0. The standard InChI is InChI=1S/C10H12O4/c1-6-3-4-7-5-14-9(12)10(6,7)8(11)13-2/h7H,1,3-5H2,2H3/t7-,10-/m1/s1. The van der Waals surface area contributed by atoms with Crippen LogP contribution in [0.2, 0.25) is 0 Å². The number of hydrogen-bond acceptors (Lipinski definition) is 4. The molecule has 2 atom stereocenters. The molecule has 0 amide bonds. The molecule has 1 aliphatic heterocycles. The Labute approximate surface area is 81.9 Å². The molecule has 1 heterocycles. The van der Waals surface area contributed by atoms with E-state index in [9.17, 15) is 9.59 Å². The highest BCUT2D eigenvalue weighted by molar-refractivity contribution is 6.05. The molecule has 1 saturated carbocycles. The maximum Gasteiger partial charge on any atom is 0.328 e. The average Bonchev–Trinajstić information content (AvgIpc) is 2.67. The zero-order valence-corrected chi connectivity index (χ0v) is 8.04. The SMILES string of the molecule is C=C1CC[C@@H]2COC(=O)[C@]12C(=O)OC. The second-order valence-electron chi connectivity index (χ2n) is 3.74. The summed E-state index contributed by atoms with van der Waals surface area (Å²) < 4.78 is 9.60. The molecule has 4 heteroatoms. The van der Waals surface area contributed by atoms with Crippen LogP contribution >= 0.6 is 0 Å². The highest BCUT2D eigenvalue weighted by Gasteiger charge is 2.63. The van der Waals surface area contributed by atoms with Crippen LogP contribution in [0.1, 0.15) is 12.8 Å². The summed E-state index contributed by atoms with van der Waals surface area (Å²) in [5.74, 6) is -1.08. The topological polar surface area (TPSA) is 52.6 Å². The molecule has 0 aromatic rings. The Morgan fingerprint density at radius 1 is 1.71 bits per heavy atom. The van der Waals surface area contributed by atoms with E-state index in [2.05, 4.69) is 11.3 Å². The average molecular weight is 196 g/mol. The van der Waals surface area contributed by atoms with Crippen LogP contribution < -0.4 is 0 Å². The van der Waals surface area contributed by atoms with Crippen LogP contribution in [0.5, 0.6) is 0 Å². The van der Waals surface area contributed by atoms with Gasteiger partial charge < -0.3 is 9.47 Å². The molecule has 0 bridgehead atoms. The molecule has 14 heavy (non-hydrogen) atoms. The van der Waals surface area contributed by atoms with E-state index in [0.29, 0.717) is 18.6 Å². The summed E-state index contributed by atoms with van der Waals surface area (Å²) in [6.45, 7) is 4.10. The number of fused-ring (bicyclic) bond motifs is 1. The number of ether oxygens (including phenoxy) is 2. The highest BCUT2D eigenvalue weighted by Crippen LogP contribution is 2.52. The van der Waals surface area contributed by atoms with Crippen LogP contribution in [0.15, 0.2) is 12.2 Å². The molecule has 2 rings (SSSR count). The van der Waals surface area contributed by atoms with Crippen molar-refractivity contribution in [2.45, 2.75) is 12.8 Å². The fourth-order valence-electron chi connectivity index (χ4n) is 2.42. The van der Waals surface area contributed by atoms with Crippen molar-refractivity contribution < 1.29 is 19.1 Å². The van der Waals surface area contributed by atoms with Gasteiger partial charge in [-0.2, -0.15) is 0 Å². The van der Waals surface area contributed by atoms with Gasteiger partial charge >= 0.3 is 11.9 Å². The van der Waals surface area contributed by atoms with E-state index in [-0.39, 0.29) is 5.92 Å². The van der Waals surface area contributed by atoms with E-state index in [0.717, 1.165) is 6.42 Å². The van der Waals surface area contributed by atoms with Gasteiger partial charge in [0, 0.05) is 5.92 Å². The monoisotopic (exact) mass is 196 g/mol. The van der Waals surface area contributed by atoms with Gasteiger partial charge in [0.05, 0.1) is 13.7 Å². The Hall–Kier alpha value is -1.32. The third-order valence-electron chi connectivity index (χ3n) is 3.21. The van der Waals surface area contributed by atoms with Crippen molar-refractivity contribution in [1.29, 1.82) is 0 Å². The van der Waals surface area contributed by atoms with Crippen LogP contribution in [0.3, 0.4) is 0 Å².